The van der Waals surface area contributed by atoms with E-state index in [1.807, 2.05) is 24.3 Å². The quantitative estimate of drug-likeness (QED) is 0.0454. The number of ketones is 1. The van der Waals surface area contributed by atoms with E-state index in [4.69, 9.17) is 9.47 Å². The van der Waals surface area contributed by atoms with Crippen LogP contribution in [-0.2, 0) is 23.9 Å². The Bertz CT molecular complexity index is 1790. The number of benzene rings is 2. The second-order valence-electron chi connectivity index (χ2n) is 16.8. The molecule has 2 aliphatic heterocycles. The van der Waals surface area contributed by atoms with Crippen LogP contribution in [0.4, 0.5) is 11.4 Å². The number of piperazine rings is 2. The number of rotatable bonds is 23. The zero-order valence-corrected chi connectivity index (χ0v) is 40.3. The first-order chi connectivity index (χ1) is 28.3. The van der Waals surface area contributed by atoms with Gasteiger partial charge in [-0.05, 0) is 60.4 Å². The Hall–Kier alpha value is -3.97. The fourth-order valence-electron chi connectivity index (χ4n) is 7.57. The molecule has 0 unspecified atom stereocenters. The summed E-state index contributed by atoms with van der Waals surface area (Å²) in [7, 11) is 4.35. The van der Waals surface area contributed by atoms with Gasteiger partial charge in [-0.25, -0.2) is 9.59 Å². The average Bonchev–Trinajstić information content (AvgIpc) is 3.22. The molecule has 1 N–H and O–H groups in total. The number of nitrogens with zero attached hydrogens (tertiary/aromatic N) is 4. The van der Waals surface area contributed by atoms with E-state index in [9.17, 15) is 19.5 Å². The second kappa shape index (κ2) is 27.2. The summed E-state index contributed by atoms with van der Waals surface area (Å²) in [6.07, 6.45) is 16.3. The molecule has 2 aromatic rings. The number of carbonyl (C=O) groups is 3. The summed E-state index contributed by atoms with van der Waals surface area (Å²) in [5.74, 6) is -0.976. The normalized spacial score (nSPS) is 16.1. The van der Waals surface area contributed by atoms with Gasteiger partial charge < -0.3 is 67.3 Å². The first kappa shape index (κ1) is 53.2. The molecule has 2 fully saturated rings. The Morgan fingerprint density at radius 2 is 1.00 bits per heavy atom. The van der Waals surface area contributed by atoms with Crippen molar-refractivity contribution in [1.82, 2.24) is 0 Å². The van der Waals surface area contributed by atoms with Crippen LogP contribution in [0.2, 0.25) is 0 Å². The predicted molar refractivity (Wildman–Crippen MR) is 241 cm³/mol. The third kappa shape index (κ3) is 18.5. The molecule has 0 saturated carbocycles. The third-order valence-electron chi connectivity index (χ3n) is 11.5. The number of aliphatic hydroxyl groups is 1. The average molecular weight is 971 g/mol. The lowest BCUT2D eigenvalue weighted by Gasteiger charge is -2.43. The van der Waals surface area contributed by atoms with Gasteiger partial charge in [-0.1, -0.05) is 102 Å². The molecule has 2 aromatic carbocycles. The number of halogens is 2. The van der Waals surface area contributed by atoms with Crippen LogP contribution in [0, 0.1) is 0 Å². The topological polar surface area (TPSA) is 96.4 Å². The molecule has 4 rings (SSSR count). The summed E-state index contributed by atoms with van der Waals surface area (Å²) < 4.78 is 12.4. The van der Waals surface area contributed by atoms with E-state index in [2.05, 4.69) is 75.2 Å². The van der Waals surface area contributed by atoms with Crippen LogP contribution < -0.4 is 43.8 Å². The number of aliphatic hydroxyl groups excluding tert-OH is 1. The highest BCUT2D eigenvalue weighted by Crippen LogP contribution is 2.23. The molecule has 0 bridgehead atoms. The van der Waals surface area contributed by atoms with Crippen molar-refractivity contribution in [2.45, 2.75) is 65.2 Å². The van der Waals surface area contributed by atoms with Crippen molar-refractivity contribution in [3.8, 4) is 0 Å². The molecule has 0 atom stereocenters. The Kier molecular flexibility index (Phi) is 23.7. The molecule has 2 aliphatic rings. The van der Waals surface area contributed by atoms with Gasteiger partial charge in [-0.2, -0.15) is 0 Å². The van der Waals surface area contributed by atoms with Gasteiger partial charge in [0.1, 0.15) is 18.8 Å². The number of likely N-dealkylation sites (N-methyl/N-ethyl adjacent to an activating group) is 2. The third-order valence-corrected chi connectivity index (χ3v) is 11.5. The van der Waals surface area contributed by atoms with Crippen molar-refractivity contribution in [2.75, 3.05) is 103 Å². The highest BCUT2D eigenvalue weighted by atomic mass is 79.9. The molecule has 0 radical (unpaired) electrons. The zero-order chi connectivity index (χ0) is 42.7. The largest absolute Gasteiger partial charge is 1.00 e. The number of esters is 2. The lowest BCUT2D eigenvalue weighted by Crippen LogP contribution is -3.00. The van der Waals surface area contributed by atoms with E-state index in [1.165, 1.54) is 18.2 Å². The summed E-state index contributed by atoms with van der Waals surface area (Å²) in [6.45, 7) is 21.5. The molecule has 61 heavy (non-hydrogen) atoms. The van der Waals surface area contributed by atoms with Crippen molar-refractivity contribution in [1.29, 1.82) is 0 Å². The monoisotopic (exact) mass is 968 g/mol. The fourth-order valence-corrected chi connectivity index (χ4v) is 7.57. The van der Waals surface area contributed by atoms with E-state index < -0.39 is 0 Å². The van der Waals surface area contributed by atoms with Gasteiger partial charge in [0.15, 0.2) is 5.78 Å². The number of hydrogen-bond donors (Lipinski definition) is 1. The van der Waals surface area contributed by atoms with Gasteiger partial charge in [0.2, 0.25) is 0 Å². The Morgan fingerprint density at radius 1 is 0.623 bits per heavy atom. The number of quaternary nitrogens is 2. The number of allylic oxidation sites excluding steroid dienone is 3. The van der Waals surface area contributed by atoms with Gasteiger partial charge in [-0.3, -0.25) is 4.79 Å². The molecule has 0 aliphatic carbocycles. The first-order valence-electron chi connectivity index (χ1n) is 21.7. The minimum absolute atomic E-state index is 0. The molecule has 336 valence electrons. The zero-order valence-electron chi connectivity index (χ0n) is 37.1. The smallest absolute Gasteiger partial charge is 0.339 e. The standard InChI is InChI=1S/C49H69N4O6.2BrH/c1-7-9-11-13-35-58-48(56)40(3)38-52(5)31-27-50(28-32-52)44-21-15-42(16-22-44)19-25-46(54)37-47(55)26-20-43-17-23-45(24-18-43)51-29-33-53(6,34-30-51)39-41(4)49(57)59-36-14-12-10-8-2;;/h15-26,37H,3-4,7-14,27-36,38-39H2,1-2,5-6H3;2*1H/q+1;;/p-1/b25-19+,26-20+;;. The van der Waals surface area contributed by atoms with Crippen LogP contribution >= 0.6 is 0 Å². The van der Waals surface area contributed by atoms with Crippen LogP contribution in [0.25, 0.3) is 12.2 Å². The van der Waals surface area contributed by atoms with Crippen LogP contribution in [0.15, 0.2) is 96.8 Å². The number of anilines is 2. The summed E-state index contributed by atoms with van der Waals surface area (Å²) in [4.78, 5) is 42.2. The molecule has 12 heteroatoms. The molecule has 2 heterocycles. The summed E-state index contributed by atoms with van der Waals surface area (Å²) in [5.41, 5.74) is 5.12. The van der Waals surface area contributed by atoms with Crippen LogP contribution in [-0.4, -0.2) is 125 Å². The van der Waals surface area contributed by atoms with Crippen molar-refractivity contribution in [3.63, 3.8) is 0 Å². The SMILES string of the molecule is C=C(C[N+]1(C)CCN(c2ccc(/C=C/C(=O)/C=C(O)/C=C/c3ccc(N4CC[N+](C)(CC(=C)C(=O)OCCCCCC)CC4)cc3)cc2)CC1)C(=O)OCCCCCC.[Br-].[Br-]. The van der Waals surface area contributed by atoms with Crippen molar-refractivity contribution >= 4 is 41.2 Å². The Labute approximate surface area is 387 Å². The van der Waals surface area contributed by atoms with Gasteiger partial charge in [0, 0.05) is 17.5 Å². The summed E-state index contributed by atoms with van der Waals surface area (Å²) >= 11 is 0. The van der Waals surface area contributed by atoms with Crippen molar-refractivity contribution in [3.05, 3.63) is 108 Å². The lowest BCUT2D eigenvalue weighted by atomic mass is 10.1. The summed E-state index contributed by atoms with van der Waals surface area (Å²) in [6, 6.07) is 16.2. The molecular formula is C49H70Br2N4O6. The predicted octanol–water partition coefficient (Wildman–Crippen LogP) is 2.32. The second-order valence-corrected chi connectivity index (χ2v) is 16.8. The van der Waals surface area contributed by atoms with Crippen LogP contribution in [0.5, 0.6) is 0 Å². The van der Waals surface area contributed by atoms with E-state index in [1.54, 1.807) is 12.2 Å². The van der Waals surface area contributed by atoms with E-state index in [-0.39, 0.29) is 57.4 Å². The maximum absolute atomic E-state index is 12.6. The van der Waals surface area contributed by atoms with Crippen molar-refractivity contribution in [2.24, 2.45) is 0 Å². The Balaban J connectivity index is 0.00000641. The van der Waals surface area contributed by atoms with E-state index >= 15 is 0 Å². The van der Waals surface area contributed by atoms with E-state index in [0.717, 1.165) is 135 Å². The molecule has 2 saturated heterocycles. The van der Waals surface area contributed by atoms with Crippen LogP contribution in [0.3, 0.4) is 0 Å². The highest BCUT2D eigenvalue weighted by Gasteiger charge is 2.32. The van der Waals surface area contributed by atoms with Gasteiger partial charge >= 0.3 is 11.9 Å². The van der Waals surface area contributed by atoms with E-state index in [0.29, 0.717) is 37.4 Å². The highest BCUT2D eigenvalue weighted by molar-refractivity contribution is 6.02. The molecule has 0 aromatic heterocycles. The van der Waals surface area contributed by atoms with Crippen molar-refractivity contribution < 1.29 is 71.9 Å². The van der Waals surface area contributed by atoms with Gasteiger partial charge in [-0.15, -0.1) is 0 Å². The number of unbranched alkanes of at least 4 members (excludes halogenated alkanes) is 6. The minimum Gasteiger partial charge on any atom is -1.00 e. The van der Waals surface area contributed by atoms with Gasteiger partial charge in [0.25, 0.3) is 0 Å². The molecule has 10 nitrogen and oxygen atoms in total. The molecule has 0 amide bonds. The molecular weight excluding hydrogens is 900 g/mol. The molecule has 0 spiro atoms. The number of ether oxygens (including phenoxy) is 2. The maximum Gasteiger partial charge on any atom is 0.339 e. The Morgan fingerprint density at radius 3 is 1.38 bits per heavy atom. The maximum atomic E-state index is 12.6. The number of carbonyl (C=O) groups excluding carboxylic acids is 3. The van der Waals surface area contributed by atoms with Gasteiger partial charge in [0.05, 0.1) is 90.8 Å². The minimum atomic E-state index is -0.306. The fraction of sp³-hybridized carbons (Fsp3) is 0.490. The summed E-state index contributed by atoms with van der Waals surface area (Å²) in [5, 5.41) is 10.4. The number of hydrogen-bond acceptors (Lipinski definition) is 8. The first-order valence-corrected chi connectivity index (χ1v) is 21.7. The van der Waals surface area contributed by atoms with Crippen LogP contribution in [0.1, 0.15) is 76.3 Å². The lowest BCUT2D eigenvalue weighted by molar-refractivity contribution is -0.905.